The predicted molar refractivity (Wildman–Crippen MR) is 108 cm³/mol. The lowest BCUT2D eigenvalue weighted by molar-refractivity contribution is -0.142. The minimum Gasteiger partial charge on any atom is -0.496 e. The van der Waals surface area contributed by atoms with Gasteiger partial charge in [0.15, 0.2) is 5.78 Å². The summed E-state index contributed by atoms with van der Waals surface area (Å²) in [6.45, 7) is 0. The Balaban J connectivity index is 2.25. The second-order valence-electron chi connectivity index (χ2n) is 6.74. The number of hydrogen-bond acceptors (Lipinski definition) is 4. The second-order valence-corrected chi connectivity index (χ2v) is 6.74. The van der Waals surface area contributed by atoms with Gasteiger partial charge in [0, 0.05) is 22.5 Å². The Hall–Kier alpha value is -3.81. The molecule has 4 rings (SSSR count). The number of esters is 1. The molecular formula is C23H16F3NO4. The first-order chi connectivity index (χ1) is 14.8. The zero-order valence-corrected chi connectivity index (χ0v) is 16.5. The number of fused-ring (bicyclic) bond motifs is 3. The summed E-state index contributed by atoms with van der Waals surface area (Å²) < 4.78 is 53.2. The fraction of sp³-hybridized carbons (Fsp3) is 0.130. The molecular weight excluding hydrogens is 411 g/mol. The Morgan fingerprint density at radius 1 is 0.871 bits per heavy atom. The highest BCUT2D eigenvalue weighted by Gasteiger charge is 2.43. The van der Waals surface area contributed by atoms with Crippen LogP contribution in [0.4, 0.5) is 13.2 Å². The van der Waals surface area contributed by atoms with Crippen molar-refractivity contribution in [3.05, 3.63) is 83.2 Å². The summed E-state index contributed by atoms with van der Waals surface area (Å²) in [5, 5.41) is 0.837. The molecule has 0 bridgehead atoms. The van der Waals surface area contributed by atoms with Crippen molar-refractivity contribution in [1.29, 1.82) is 0 Å². The maximum absolute atomic E-state index is 14.1. The van der Waals surface area contributed by atoms with E-state index < -0.39 is 29.2 Å². The van der Waals surface area contributed by atoms with Gasteiger partial charge in [0.25, 0.3) is 0 Å². The average Bonchev–Trinajstić information content (AvgIpc) is 3.14. The van der Waals surface area contributed by atoms with Crippen molar-refractivity contribution in [1.82, 2.24) is 4.40 Å². The van der Waals surface area contributed by atoms with Crippen LogP contribution < -0.4 is 4.74 Å². The standard InChI is InChI=1S/C23H16F3NO4/c1-30-16-10-6-9-15-14(16)11-12-27-19(15)17(20(28)13-7-4-3-5-8-13)18(22(29)31-2)21(27)23(24,25)26/h3-12H,1-2H3. The van der Waals surface area contributed by atoms with Crippen molar-refractivity contribution in [2.45, 2.75) is 6.18 Å². The molecule has 0 radical (unpaired) electrons. The third-order valence-electron chi connectivity index (χ3n) is 5.06. The monoisotopic (exact) mass is 427 g/mol. The normalized spacial score (nSPS) is 11.6. The van der Waals surface area contributed by atoms with Gasteiger partial charge in [0.05, 0.1) is 25.3 Å². The van der Waals surface area contributed by atoms with Crippen molar-refractivity contribution in [3.63, 3.8) is 0 Å². The van der Waals surface area contributed by atoms with Gasteiger partial charge in [-0.05, 0) is 12.1 Å². The number of methoxy groups -OCH3 is 2. The lowest BCUT2D eigenvalue weighted by Crippen LogP contribution is -2.17. The number of halogens is 3. The second kappa shape index (κ2) is 7.46. The number of ether oxygens (including phenoxy) is 2. The number of pyridine rings is 1. The quantitative estimate of drug-likeness (QED) is 0.334. The van der Waals surface area contributed by atoms with E-state index in [2.05, 4.69) is 4.74 Å². The van der Waals surface area contributed by atoms with Crippen LogP contribution in [-0.4, -0.2) is 30.4 Å². The third kappa shape index (κ3) is 3.20. The van der Waals surface area contributed by atoms with Crippen molar-refractivity contribution >= 4 is 28.0 Å². The zero-order chi connectivity index (χ0) is 22.3. The summed E-state index contributed by atoms with van der Waals surface area (Å²) in [4.78, 5) is 26.0. The molecule has 0 amide bonds. The fourth-order valence-electron chi connectivity index (χ4n) is 3.79. The number of nitrogens with zero attached hydrogens (tertiary/aromatic N) is 1. The van der Waals surface area contributed by atoms with Crippen LogP contribution in [0.5, 0.6) is 5.75 Å². The highest BCUT2D eigenvalue weighted by Crippen LogP contribution is 2.41. The molecule has 0 fully saturated rings. The minimum atomic E-state index is -4.92. The molecule has 31 heavy (non-hydrogen) atoms. The van der Waals surface area contributed by atoms with Gasteiger partial charge in [0.2, 0.25) is 0 Å². The molecule has 8 heteroatoms. The Morgan fingerprint density at radius 2 is 1.58 bits per heavy atom. The summed E-state index contributed by atoms with van der Waals surface area (Å²) in [6.07, 6.45) is -3.74. The number of carbonyl (C=O) groups is 2. The van der Waals surface area contributed by atoms with Gasteiger partial charge in [-0.1, -0.05) is 42.5 Å². The van der Waals surface area contributed by atoms with Gasteiger partial charge in [-0.25, -0.2) is 4.79 Å². The summed E-state index contributed by atoms with van der Waals surface area (Å²) in [7, 11) is 2.41. The van der Waals surface area contributed by atoms with Gasteiger partial charge in [0.1, 0.15) is 17.0 Å². The van der Waals surface area contributed by atoms with Crippen molar-refractivity contribution in [2.24, 2.45) is 0 Å². The lowest BCUT2D eigenvalue weighted by atomic mass is 9.97. The van der Waals surface area contributed by atoms with E-state index >= 15 is 0 Å². The first kappa shape index (κ1) is 20.5. The van der Waals surface area contributed by atoms with Crippen molar-refractivity contribution in [3.8, 4) is 5.75 Å². The van der Waals surface area contributed by atoms with Crippen LogP contribution in [0.3, 0.4) is 0 Å². The molecule has 2 aromatic carbocycles. The van der Waals surface area contributed by atoms with Crippen LogP contribution in [0, 0.1) is 0 Å². The van der Waals surface area contributed by atoms with E-state index in [9.17, 15) is 22.8 Å². The maximum Gasteiger partial charge on any atom is 0.432 e. The molecule has 0 unspecified atom stereocenters. The maximum atomic E-state index is 14.1. The van der Waals surface area contributed by atoms with E-state index in [0.29, 0.717) is 16.5 Å². The molecule has 0 saturated heterocycles. The molecule has 0 saturated carbocycles. The first-order valence-electron chi connectivity index (χ1n) is 9.18. The summed E-state index contributed by atoms with van der Waals surface area (Å²) >= 11 is 0. The van der Waals surface area contributed by atoms with E-state index in [4.69, 9.17) is 4.74 Å². The highest BCUT2D eigenvalue weighted by molar-refractivity contribution is 6.23. The van der Waals surface area contributed by atoms with Crippen LogP contribution in [-0.2, 0) is 10.9 Å². The van der Waals surface area contributed by atoms with E-state index in [-0.39, 0.29) is 16.6 Å². The molecule has 2 aromatic heterocycles. The van der Waals surface area contributed by atoms with E-state index in [1.807, 2.05) is 0 Å². The largest absolute Gasteiger partial charge is 0.496 e. The van der Waals surface area contributed by atoms with Crippen LogP contribution in [0.1, 0.15) is 32.0 Å². The smallest absolute Gasteiger partial charge is 0.432 e. The van der Waals surface area contributed by atoms with Gasteiger partial charge in [-0.15, -0.1) is 0 Å². The van der Waals surface area contributed by atoms with Crippen LogP contribution >= 0.6 is 0 Å². The summed E-state index contributed by atoms with van der Waals surface area (Å²) in [6, 6.07) is 14.1. The van der Waals surface area contributed by atoms with Gasteiger partial charge >= 0.3 is 12.1 Å². The molecule has 0 atom stereocenters. The number of ketones is 1. The molecule has 158 valence electrons. The number of benzene rings is 2. The molecule has 2 heterocycles. The van der Waals surface area contributed by atoms with Gasteiger partial charge in [-0.2, -0.15) is 13.2 Å². The lowest BCUT2D eigenvalue weighted by Gasteiger charge is -2.11. The van der Waals surface area contributed by atoms with Gasteiger partial charge in [-0.3, -0.25) is 4.79 Å². The Morgan fingerprint density at radius 3 is 2.19 bits per heavy atom. The molecule has 0 aliphatic rings. The number of aromatic nitrogens is 1. The Bertz CT molecular complexity index is 1320. The third-order valence-corrected chi connectivity index (χ3v) is 5.06. The fourth-order valence-corrected chi connectivity index (χ4v) is 3.79. The topological polar surface area (TPSA) is 57.0 Å². The average molecular weight is 427 g/mol. The van der Waals surface area contributed by atoms with Crippen molar-refractivity contribution < 1.29 is 32.2 Å². The molecule has 0 N–H and O–H groups in total. The van der Waals surface area contributed by atoms with Crippen molar-refractivity contribution in [2.75, 3.05) is 14.2 Å². The number of rotatable bonds is 4. The minimum absolute atomic E-state index is 0.0435. The highest BCUT2D eigenvalue weighted by atomic mass is 19.4. The SMILES string of the molecule is COC(=O)c1c(C(=O)c2ccccc2)c2c3cccc(OC)c3ccn2c1C(F)(F)F. The van der Waals surface area contributed by atoms with Crippen LogP contribution in [0.2, 0.25) is 0 Å². The number of hydrogen-bond donors (Lipinski definition) is 0. The molecule has 0 spiro atoms. The first-order valence-corrected chi connectivity index (χ1v) is 9.18. The molecule has 5 nitrogen and oxygen atoms in total. The summed E-state index contributed by atoms with van der Waals surface area (Å²) in [5.74, 6) is -1.54. The number of carbonyl (C=O) groups excluding carboxylic acids is 2. The summed E-state index contributed by atoms with van der Waals surface area (Å²) in [5.41, 5.74) is -2.35. The van der Waals surface area contributed by atoms with Gasteiger partial charge < -0.3 is 13.9 Å². The molecule has 0 aliphatic carbocycles. The van der Waals surface area contributed by atoms with Crippen LogP contribution in [0.15, 0.2) is 60.8 Å². The predicted octanol–water partition coefficient (Wildman–Crippen LogP) is 5.14. The zero-order valence-electron chi connectivity index (χ0n) is 16.5. The Kier molecular flexibility index (Phi) is 4.93. The number of alkyl halides is 3. The Labute approximate surface area is 174 Å². The van der Waals surface area contributed by atoms with E-state index in [1.165, 1.54) is 31.5 Å². The molecule has 0 aliphatic heterocycles. The van der Waals surface area contributed by atoms with E-state index in [1.54, 1.807) is 36.4 Å². The van der Waals surface area contributed by atoms with Crippen LogP contribution in [0.25, 0.3) is 16.3 Å². The molecule has 4 aromatic rings. The van der Waals surface area contributed by atoms with E-state index in [0.717, 1.165) is 11.5 Å².